The average Bonchev–Trinajstić information content (AvgIpc) is 2.64. The lowest BCUT2D eigenvalue weighted by Gasteiger charge is -2.17. The number of carbonyl (C=O) groups excluding carboxylic acids is 1. The Bertz CT molecular complexity index is 993. The molecule has 0 atom stereocenters. The second-order valence-electron chi connectivity index (χ2n) is 6.15. The van der Waals surface area contributed by atoms with Crippen LogP contribution in [0.25, 0.3) is 5.65 Å². The van der Waals surface area contributed by atoms with E-state index in [4.69, 9.17) is 4.74 Å². The van der Waals surface area contributed by atoms with Crippen LogP contribution in [0, 0.1) is 6.92 Å². The number of amides is 1. The fourth-order valence-electron chi connectivity index (χ4n) is 2.74. The van der Waals surface area contributed by atoms with Crippen LogP contribution in [0.1, 0.15) is 28.4 Å². The van der Waals surface area contributed by atoms with Crippen LogP contribution < -0.4 is 10.3 Å². The van der Waals surface area contributed by atoms with Crippen LogP contribution in [0.3, 0.4) is 0 Å². The highest BCUT2D eigenvalue weighted by atomic mass is 16.5. The van der Waals surface area contributed by atoms with E-state index in [1.807, 2.05) is 44.2 Å². The Morgan fingerprint density at radius 3 is 2.62 bits per heavy atom. The zero-order valence-corrected chi connectivity index (χ0v) is 15.1. The van der Waals surface area contributed by atoms with Gasteiger partial charge in [0.2, 0.25) is 0 Å². The standard InChI is InChI=1S/C20H21N3O3/c1-4-26-16-8-6-15(7-9-16)13-22(3)19(24)17-11-21-18-10-5-14(2)12-23(18)20(17)25/h5-12H,4,13H2,1-3H3. The molecule has 3 aromatic rings. The van der Waals surface area contributed by atoms with Gasteiger partial charge in [0.25, 0.3) is 11.5 Å². The van der Waals surface area contributed by atoms with Gasteiger partial charge in [-0.25, -0.2) is 4.98 Å². The highest BCUT2D eigenvalue weighted by Gasteiger charge is 2.17. The van der Waals surface area contributed by atoms with Gasteiger partial charge in [0.05, 0.1) is 6.61 Å². The third-order valence-electron chi connectivity index (χ3n) is 4.08. The lowest BCUT2D eigenvalue weighted by molar-refractivity contribution is 0.0782. The van der Waals surface area contributed by atoms with Crippen LogP contribution in [-0.2, 0) is 6.54 Å². The molecule has 0 aliphatic rings. The fourth-order valence-corrected chi connectivity index (χ4v) is 2.74. The second kappa shape index (κ2) is 7.39. The molecule has 3 rings (SSSR count). The Morgan fingerprint density at radius 2 is 1.92 bits per heavy atom. The first-order valence-corrected chi connectivity index (χ1v) is 8.45. The topological polar surface area (TPSA) is 63.9 Å². The predicted molar refractivity (Wildman–Crippen MR) is 99.6 cm³/mol. The van der Waals surface area contributed by atoms with E-state index in [9.17, 15) is 9.59 Å². The Balaban J connectivity index is 1.83. The first kappa shape index (κ1) is 17.7. The summed E-state index contributed by atoms with van der Waals surface area (Å²) in [5.41, 5.74) is 2.10. The van der Waals surface area contributed by atoms with Gasteiger partial charge < -0.3 is 9.64 Å². The fraction of sp³-hybridized carbons (Fsp3) is 0.250. The van der Waals surface area contributed by atoms with Crippen molar-refractivity contribution in [3.63, 3.8) is 0 Å². The second-order valence-corrected chi connectivity index (χ2v) is 6.15. The van der Waals surface area contributed by atoms with Gasteiger partial charge in [0.15, 0.2) is 0 Å². The van der Waals surface area contributed by atoms with E-state index >= 15 is 0 Å². The Labute approximate surface area is 151 Å². The molecule has 0 saturated heterocycles. The molecular formula is C20H21N3O3. The third kappa shape index (κ3) is 3.59. The average molecular weight is 351 g/mol. The third-order valence-corrected chi connectivity index (χ3v) is 4.08. The number of rotatable bonds is 5. The summed E-state index contributed by atoms with van der Waals surface area (Å²) in [5, 5.41) is 0. The summed E-state index contributed by atoms with van der Waals surface area (Å²) < 4.78 is 6.83. The number of pyridine rings is 1. The van der Waals surface area contributed by atoms with E-state index in [0.29, 0.717) is 18.8 Å². The van der Waals surface area contributed by atoms with Crippen LogP contribution in [0.4, 0.5) is 0 Å². The quantitative estimate of drug-likeness (QED) is 0.709. The van der Waals surface area contributed by atoms with Crippen molar-refractivity contribution < 1.29 is 9.53 Å². The normalized spacial score (nSPS) is 10.7. The number of nitrogens with zero attached hydrogens (tertiary/aromatic N) is 3. The molecule has 26 heavy (non-hydrogen) atoms. The molecule has 2 heterocycles. The van der Waals surface area contributed by atoms with Crippen molar-refractivity contribution in [3.05, 3.63) is 75.8 Å². The molecule has 2 aromatic heterocycles. The lowest BCUT2D eigenvalue weighted by Crippen LogP contribution is -2.33. The number of benzene rings is 1. The number of hydrogen-bond donors (Lipinski definition) is 0. The minimum atomic E-state index is -0.359. The zero-order chi connectivity index (χ0) is 18.7. The summed E-state index contributed by atoms with van der Waals surface area (Å²) in [5.74, 6) is 0.435. The molecule has 0 spiro atoms. The lowest BCUT2D eigenvalue weighted by atomic mass is 10.2. The van der Waals surface area contributed by atoms with Crippen LogP contribution in [0.5, 0.6) is 5.75 Å². The zero-order valence-electron chi connectivity index (χ0n) is 15.1. The maximum absolute atomic E-state index is 12.7. The van der Waals surface area contributed by atoms with E-state index in [-0.39, 0.29) is 17.0 Å². The summed E-state index contributed by atoms with van der Waals surface area (Å²) in [6.45, 7) is 4.81. The smallest absolute Gasteiger partial charge is 0.270 e. The van der Waals surface area contributed by atoms with Crippen molar-refractivity contribution >= 4 is 11.6 Å². The number of aromatic nitrogens is 2. The van der Waals surface area contributed by atoms with Gasteiger partial charge in [0.1, 0.15) is 17.0 Å². The Hall–Kier alpha value is -3.15. The van der Waals surface area contributed by atoms with Gasteiger partial charge in [-0.15, -0.1) is 0 Å². The van der Waals surface area contributed by atoms with E-state index in [1.54, 1.807) is 19.3 Å². The summed E-state index contributed by atoms with van der Waals surface area (Å²) in [4.78, 5) is 31.1. The van der Waals surface area contributed by atoms with Crippen molar-refractivity contribution in [1.29, 1.82) is 0 Å². The van der Waals surface area contributed by atoms with Gasteiger partial charge in [-0.1, -0.05) is 18.2 Å². The highest BCUT2D eigenvalue weighted by molar-refractivity contribution is 5.93. The van der Waals surface area contributed by atoms with Gasteiger partial charge in [-0.05, 0) is 43.2 Å². The number of aryl methyl sites for hydroxylation is 1. The predicted octanol–water partition coefficient (Wildman–Crippen LogP) is 2.67. The van der Waals surface area contributed by atoms with Gasteiger partial charge >= 0.3 is 0 Å². The monoisotopic (exact) mass is 351 g/mol. The summed E-state index contributed by atoms with van der Waals surface area (Å²) in [7, 11) is 1.67. The van der Waals surface area contributed by atoms with Crippen molar-refractivity contribution in [1.82, 2.24) is 14.3 Å². The van der Waals surface area contributed by atoms with Crippen LogP contribution in [-0.4, -0.2) is 33.8 Å². The van der Waals surface area contributed by atoms with Crippen molar-refractivity contribution in [2.75, 3.05) is 13.7 Å². The van der Waals surface area contributed by atoms with E-state index < -0.39 is 0 Å². The number of hydrogen-bond acceptors (Lipinski definition) is 4. The first-order chi connectivity index (χ1) is 12.5. The molecule has 0 radical (unpaired) electrons. The molecular weight excluding hydrogens is 330 g/mol. The molecule has 0 saturated carbocycles. The molecule has 1 amide bonds. The molecule has 1 aromatic carbocycles. The molecule has 0 fully saturated rings. The number of fused-ring (bicyclic) bond motifs is 1. The summed E-state index contributed by atoms with van der Waals surface area (Å²) in [6, 6.07) is 11.2. The van der Waals surface area contributed by atoms with E-state index in [2.05, 4.69) is 4.98 Å². The molecule has 0 aliphatic heterocycles. The van der Waals surface area contributed by atoms with Gasteiger partial charge in [0, 0.05) is 26.0 Å². The van der Waals surface area contributed by atoms with Crippen molar-refractivity contribution in [3.8, 4) is 5.75 Å². The number of ether oxygens (including phenoxy) is 1. The number of carbonyl (C=O) groups is 1. The molecule has 6 heteroatoms. The molecule has 6 nitrogen and oxygen atoms in total. The molecule has 0 bridgehead atoms. The van der Waals surface area contributed by atoms with Crippen LogP contribution >= 0.6 is 0 Å². The van der Waals surface area contributed by atoms with Crippen LogP contribution in [0.2, 0.25) is 0 Å². The van der Waals surface area contributed by atoms with Crippen LogP contribution in [0.15, 0.2) is 53.6 Å². The minimum Gasteiger partial charge on any atom is -0.494 e. The maximum Gasteiger partial charge on any atom is 0.270 e. The van der Waals surface area contributed by atoms with Crippen molar-refractivity contribution in [2.45, 2.75) is 20.4 Å². The van der Waals surface area contributed by atoms with Gasteiger partial charge in [-0.3, -0.25) is 14.0 Å². The summed E-state index contributed by atoms with van der Waals surface area (Å²) in [6.07, 6.45) is 3.04. The maximum atomic E-state index is 12.7. The van der Waals surface area contributed by atoms with E-state index in [1.165, 1.54) is 15.5 Å². The Kier molecular flexibility index (Phi) is 5.02. The summed E-state index contributed by atoms with van der Waals surface area (Å²) >= 11 is 0. The Morgan fingerprint density at radius 1 is 1.19 bits per heavy atom. The van der Waals surface area contributed by atoms with E-state index in [0.717, 1.165) is 16.9 Å². The van der Waals surface area contributed by atoms with Gasteiger partial charge in [-0.2, -0.15) is 0 Å². The highest BCUT2D eigenvalue weighted by Crippen LogP contribution is 2.14. The SMILES string of the molecule is CCOc1ccc(CN(C)C(=O)c2cnc3ccc(C)cn3c2=O)cc1. The van der Waals surface area contributed by atoms with Crippen molar-refractivity contribution in [2.24, 2.45) is 0 Å². The first-order valence-electron chi connectivity index (χ1n) is 8.45. The molecule has 134 valence electrons. The molecule has 0 unspecified atom stereocenters. The minimum absolute atomic E-state index is 0.0570. The molecule has 0 N–H and O–H groups in total. The largest absolute Gasteiger partial charge is 0.494 e. The molecule has 0 aliphatic carbocycles.